The lowest BCUT2D eigenvalue weighted by Crippen LogP contribution is -2.31. The third-order valence-corrected chi connectivity index (χ3v) is 6.80. The Bertz CT molecular complexity index is 837. The molecule has 1 aromatic rings. The van der Waals surface area contributed by atoms with E-state index < -0.39 is 0 Å². The molecule has 0 aliphatic rings. The zero-order chi connectivity index (χ0) is 25.8. The lowest BCUT2D eigenvalue weighted by atomic mass is 9.78. The molecule has 0 fully saturated rings. The predicted molar refractivity (Wildman–Crippen MR) is 148 cm³/mol. The Balaban J connectivity index is 3.37. The van der Waals surface area contributed by atoms with Crippen molar-refractivity contribution < 1.29 is 5.11 Å². The molecule has 2 heteroatoms. The molecular formula is C31H53NO. The molecule has 0 heterocycles. The maximum absolute atomic E-state index is 11.4. The summed E-state index contributed by atoms with van der Waals surface area (Å²) >= 11 is 0. The number of phenolic OH excluding ortho intramolecular Hbond substituents is 1. The van der Waals surface area contributed by atoms with Gasteiger partial charge in [0.1, 0.15) is 5.75 Å². The molecular weight excluding hydrogens is 402 g/mol. The van der Waals surface area contributed by atoms with Crippen LogP contribution >= 0.6 is 0 Å². The first-order valence-corrected chi connectivity index (χ1v) is 13.0. The molecule has 188 valence electrons. The van der Waals surface area contributed by atoms with E-state index in [9.17, 15) is 5.11 Å². The minimum absolute atomic E-state index is 0.00693. The van der Waals surface area contributed by atoms with Crippen LogP contribution in [0.3, 0.4) is 0 Å². The molecule has 2 N–H and O–H groups in total. The highest BCUT2D eigenvalue weighted by Crippen LogP contribution is 2.40. The number of allylic oxidation sites excluding steroid dienone is 3. The van der Waals surface area contributed by atoms with E-state index in [1.807, 2.05) is 0 Å². The first-order chi connectivity index (χ1) is 14.9. The van der Waals surface area contributed by atoms with Gasteiger partial charge in [0.2, 0.25) is 0 Å². The van der Waals surface area contributed by atoms with Crippen LogP contribution in [0.15, 0.2) is 29.9 Å². The van der Waals surface area contributed by atoms with Gasteiger partial charge in [-0.05, 0) is 60.0 Å². The number of phenols is 1. The first kappa shape index (κ1) is 29.3. The lowest BCUT2D eigenvalue weighted by Gasteiger charge is -2.30. The predicted octanol–water partition coefficient (Wildman–Crippen LogP) is 9.12. The largest absolute Gasteiger partial charge is 0.507 e. The molecule has 0 saturated heterocycles. The van der Waals surface area contributed by atoms with Crippen molar-refractivity contribution in [3.63, 3.8) is 0 Å². The zero-order valence-electron chi connectivity index (χ0n) is 24.0. The van der Waals surface area contributed by atoms with Crippen molar-refractivity contribution in [2.24, 2.45) is 11.3 Å². The highest BCUT2D eigenvalue weighted by Gasteiger charge is 2.27. The maximum atomic E-state index is 11.4. The first-order valence-electron chi connectivity index (χ1n) is 13.0. The van der Waals surface area contributed by atoms with Crippen molar-refractivity contribution in [3.8, 4) is 5.75 Å². The van der Waals surface area contributed by atoms with Crippen LogP contribution in [0.25, 0.3) is 5.70 Å². The van der Waals surface area contributed by atoms with Crippen molar-refractivity contribution in [2.75, 3.05) is 0 Å². The molecule has 2 nitrogen and oxygen atoms in total. The van der Waals surface area contributed by atoms with Crippen molar-refractivity contribution in [3.05, 3.63) is 46.5 Å². The topological polar surface area (TPSA) is 32.3 Å². The Hall–Kier alpha value is -1.70. The zero-order valence-corrected chi connectivity index (χ0v) is 24.0. The van der Waals surface area contributed by atoms with Crippen LogP contribution in [-0.4, -0.2) is 11.1 Å². The van der Waals surface area contributed by atoms with Gasteiger partial charge in [-0.15, -0.1) is 0 Å². The van der Waals surface area contributed by atoms with Gasteiger partial charge in [-0.2, -0.15) is 0 Å². The highest BCUT2D eigenvalue weighted by atomic mass is 16.3. The molecule has 0 aliphatic carbocycles. The van der Waals surface area contributed by atoms with Gasteiger partial charge in [-0.25, -0.2) is 0 Å². The normalized spacial score (nSPS) is 16.0. The number of nitrogens with one attached hydrogen (secondary N) is 1. The molecule has 0 amide bonds. The van der Waals surface area contributed by atoms with Gasteiger partial charge in [0.25, 0.3) is 0 Å². The number of hydrogen-bond acceptors (Lipinski definition) is 2. The average Bonchev–Trinajstić information content (AvgIpc) is 2.65. The van der Waals surface area contributed by atoms with Gasteiger partial charge >= 0.3 is 0 Å². The fourth-order valence-corrected chi connectivity index (χ4v) is 4.20. The van der Waals surface area contributed by atoms with E-state index in [-0.39, 0.29) is 22.3 Å². The second-order valence-electron chi connectivity index (χ2n) is 12.9. The standard InChI is InChI=1S/C31H53NO/c1-14-16-27(32-22(4)21(3)17-18-23(15-2)29(5,6)7)25-19-24(30(8,9)10)20-26(28(25)33)31(11,12)13/h16,18-22,32-33H,14-15,17H2,1-13H3/b23-18+,27-16-/t21-,22?/m0/s1. The fraction of sp³-hybridized carbons (Fsp3) is 0.677. The summed E-state index contributed by atoms with van der Waals surface area (Å²) in [7, 11) is 0. The van der Waals surface area contributed by atoms with E-state index >= 15 is 0 Å². The summed E-state index contributed by atoms with van der Waals surface area (Å²) < 4.78 is 0. The summed E-state index contributed by atoms with van der Waals surface area (Å²) in [5.41, 5.74) is 5.85. The molecule has 33 heavy (non-hydrogen) atoms. The van der Waals surface area contributed by atoms with Gasteiger partial charge in [0.05, 0.1) is 0 Å². The summed E-state index contributed by atoms with van der Waals surface area (Å²) in [6.45, 7) is 29.1. The summed E-state index contributed by atoms with van der Waals surface area (Å²) in [6.07, 6.45) is 7.73. The second-order valence-corrected chi connectivity index (χ2v) is 12.9. The molecule has 0 radical (unpaired) electrons. The van der Waals surface area contributed by atoms with Crippen LogP contribution in [0.4, 0.5) is 0 Å². The Labute approximate surface area is 206 Å². The van der Waals surface area contributed by atoms with E-state index in [1.165, 1.54) is 11.1 Å². The number of rotatable bonds is 8. The molecule has 0 bridgehead atoms. The maximum Gasteiger partial charge on any atom is 0.128 e. The van der Waals surface area contributed by atoms with Crippen LogP contribution in [0, 0.1) is 11.3 Å². The molecule has 1 unspecified atom stereocenters. The lowest BCUT2D eigenvalue weighted by molar-refractivity contribution is 0.430. The average molecular weight is 456 g/mol. The summed E-state index contributed by atoms with van der Waals surface area (Å²) in [5, 5.41) is 15.2. The van der Waals surface area contributed by atoms with E-state index in [0.717, 1.165) is 36.1 Å². The van der Waals surface area contributed by atoms with Gasteiger partial charge < -0.3 is 10.4 Å². The van der Waals surface area contributed by atoms with Crippen LogP contribution in [0.1, 0.15) is 126 Å². The minimum Gasteiger partial charge on any atom is -0.507 e. The van der Waals surface area contributed by atoms with Crippen molar-refractivity contribution >= 4 is 5.70 Å². The van der Waals surface area contributed by atoms with E-state index in [2.05, 4.69) is 120 Å². The van der Waals surface area contributed by atoms with Gasteiger partial charge in [-0.3, -0.25) is 0 Å². The molecule has 0 saturated carbocycles. The van der Waals surface area contributed by atoms with E-state index in [0.29, 0.717) is 11.7 Å². The second kappa shape index (κ2) is 11.2. The van der Waals surface area contributed by atoms with Crippen molar-refractivity contribution in [2.45, 2.75) is 126 Å². The Morgan fingerprint density at radius 3 is 1.91 bits per heavy atom. The SMILES string of the molecule is CC/C=C(\NC(C)[C@@H](C)C/C=C(\CC)C(C)(C)C)c1cc(C(C)(C)C)cc(C(C)(C)C)c1O. The summed E-state index contributed by atoms with van der Waals surface area (Å²) in [6, 6.07) is 4.66. The summed E-state index contributed by atoms with van der Waals surface area (Å²) in [4.78, 5) is 0. The van der Waals surface area contributed by atoms with Gasteiger partial charge in [0, 0.05) is 22.9 Å². The Morgan fingerprint density at radius 2 is 1.48 bits per heavy atom. The molecule has 0 aliphatic heterocycles. The quantitative estimate of drug-likeness (QED) is 0.383. The van der Waals surface area contributed by atoms with Crippen molar-refractivity contribution in [1.82, 2.24) is 5.32 Å². The van der Waals surface area contributed by atoms with E-state index in [1.54, 1.807) is 0 Å². The van der Waals surface area contributed by atoms with Gasteiger partial charge in [-0.1, -0.05) is 107 Å². The monoisotopic (exact) mass is 455 g/mol. The fourth-order valence-electron chi connectivity index (χ4n) is 4.20. The number of hydrogen-bond donors (Lipinski definition) is 2. The minimum atomic E-state index is -0.134. The van der Waals surface area contributed by atoms with Crippen LogP contribution in [0.2, 0.25) is 0 Å². The number of aromatic hydroxyl groups is 1. The van der Waals surface area contributed by atoms with Crippen LogP contribution < -0.4 is 5.32 Å². The number of benzene rings is 1. The summed E-state index contributed by atoms with van der Waals surface area (Å²) in [5.74, 6) is 0.882. The molecule has 2 atom stereocenters. The van der Waals surface area contributed by atoms with Gasteiger partial charge in [0.15, 0.2) is 0 Å². The van der Waals surface area contributed by atoms with Crippen LogP contribution in [0.5, 0.6) is 5.75 Å². The van der Waals surface area contributed by atoms with Crippen LogP contribution in [-0.2, 0) is 10.8 Å². The highest BCUT2D eigenvalue weighted by molar-refractivity contribution is 5.72. The molecule has 1 aromatic carbocycles. The molecule has 1 rings (SSSR count). The van der Waals surface area contributed by atoms with E-state index in [4.69, 9.17) is 0 Å². The Kier molecular flexibility index (Phi) is 9.91. The molecule has 0 spiro atoms. The smallest absolute Gasteiger partial charge is 0.128 e. The Morgan fingerprint density at radius 1 is 0.909 bits per heavy atom. The van der Waals surface area contributed by atoms with Crippen molar-refractivity contribution in [1.29, 1.82) is 0 Å². The third-order valence-electron chi connectivity index (χ3n) is 6.80. The molecule has 0 aromatic heterocycles. The third kappa shape index (κ3) is 8.23.